The van der Waals surface area contributed by atoms with E-state index in [1.165, 1.54) is 0 Å². The fourth-order valence-corrected chi connectivity index (χ4v) is 4.86. The number of hydrogen-bond acceptors (Lipinski definition) is 5. The Hall–Kier alpha value is -1.73. The van der Waals surface area contributed by atoms with Gasteiger partial charge in [-0.1, -0.05) is 48.5 Å². The number of ether oxygens (including phenoxy) is 3. The van der Waals surface area contributed by atoms with Gasteiger partial charge in [-0.25, -0.2) is 8.42 Å². The van der Waals surface area contributed by atoms with Crippen LogP contribution in [0.1, 0.15) is 24.8 Å². The fraction of sp³-hybridized carbons (Fsp3) is 0.429. The van der Waals surface area contributed by atoms with Gasteiger partial charge in [-0.05, 0) is 24.1 Å². The predicted molar refractivity (Wildman–Crippen MR) is 103 cm³/mol. The summed E-state index contributed by atoms with van der Waals surface area (Å²) in [7, 11) is -1.94. The molecule has 1 heterocycles. The lowest BCUT2D eigenvalue weighted by molar-refractivity contribution is -0.0853. The molecular weight excluding hydrogens is 364 g/mol. The molecule has 0 aliphatic carbocycles. The molecule has 146 valence electrons. The van der Waals surface area contributed by atoms with E-state index in [1.54, 1.807) is 37.4 Å². The van der Waals surface area contributed by atoms with E-state index in [0.717, 1.165) is 5.56 Å². The normalized spacial score (nSPS) is 23.2. The molecule has 1 fully saturated rings. The molecule has 0 aromatic heterocycles. The van der Waals surface area contributed by atoms with Crippen LogP contribution in [0.4, 0.5) is 0 Å². The zero-order valence-corrected chi connectivity index (χ0v) is 16.3. The van der Waals surface area contributed by atoms with Crippen LogP contribution in [0.3, 0.4) is 0 Å². The lowest BCUT2D eigenvalue weighted by Gasteiger charge is -2.34. The molecule has 0 bridgehead atoms. The second-order valence-electron chi connectivity index (χ2n) is 6.70. The Balaban J connectivity index is 1.58. The minimum absolute atomic E-state index is 0.138. The highest BCUT2D eigenvalue weighted by atomic mass is 32.2. The van der Waals surface area contributed by atoms with E-state index in [-0.39, 0.29) is 17.1 Å². The van der Waals surface area contributed by atoms with Gasteiger partial charge in [0, 0.05) is 26.6 Å². The van der Waals surface area contributed by atoms with Crippen molar-refractivity contribution in [3.8, 4) is 0 Å². The van der Waals surface area contributed by atoms with E-state index in [9.17, 15) is 8.42 Å². The predicted octanol–water partition coefficient (Wildman–Crippen LogP) is 3.59. The van der Waals surface area contributed by atoms with Crippen LogP contribution in [0.15, 0.2) is 65.6 Å². The second kappa shape index (κ2) is 9.46. The fourth-order valence-electron chi connectivity index (χ4n) is 3.25. The summed E-state index contributed by atoms with van der Waals surface area (Å²) in [5.74, 6) is 0. The SMILES string of the molecule is CO[C@@H]1CC(S(=O)(=O)c2ccccc2)O[C@H](CCOCc2ccccc2)C1. The van der Waals surface area contributed by atoms with Gasteiger partial charge in [-0.2, -0.15) is 0 Å². The van der Waals surface area contributed by atoms with Gasteiger partial charge in [0.2, 0.25) is 9.84 Å². The van der Waals surface area contributed by atoms with Crippen LogP contribution in [-0.4, -0.2) is 39.8 Å². The zero-order chi connectivity index (χ0) is 19.1. The highest BCUT2D eigenvalue weighted by Crippen LogP contribution is 2.30. The summed E-state index contributed by atoms with van der Waals surface area (Å²) in [6.45, 7) is 1.04. The molecular formula is C21H26O5S. The molecule has 1 aliphatic heterocycles. The molecule has 1 unspecified atom stereocenters. The minimum Gasteiger partial charge on any atom is -0.381 e. The maximum atomic E-state index is 12.9. The Kier molecular flexibility index (Phi) is 7.01. The van der Waals surface area contributed by atoms with Gasteiger partial charge in [0.15, 0.2) is 5.44 Å². The van der Waals surface area contributed by atoms with Gasteiger partial charge in [0.1, 0.15) is 0 Å². The highest BCUT2D eigenvalue weighted by Gasteiger charge is 2.38. The molecule has 0 saturated carbocycles. The van der Waals surface area contributed by atoms with Crippen molar-refractivity contribution in [2.45, 2.75) is 48.4 Å². The third-order valence-corrected chi connectivity index (χ3v) is 6.70. The third-order valence-electron chi connectivity index (χ3n) is 4.77. The summed E-state index contributed by atoms with van der Waals surface area (Å²) in [4.78, 5) is 0.283. The molecule has 3 atom stereocenters. The molecule has 0 radical (unpaired) electrons. The Labute approximate surface area is 161 Å². The molecule has 0 N–H and O–H groups in total. The zero-order valence-electron chi connectivity index (χ0n) is 15.5. The quantitative estimate of drug-likeness (QED) is 0.645. The largest absolute Gasteiger partial charge is 0.381 e. The molecule has 3 rings (SSSR count). The Bertz CT molecular complexity index is 792. The van der Waals surface area contributed by atoms with E-state index < -0.39 is 15.3 Å². The average molecular weight is 391 g/mol. The maximum absolute atomic E-state index is 12.9. The highest BCUT2D eigenvalue weighted by molar-refractivity contribution is 7.91. The first-order valence-electron chi connectivity index (χ1n) is 9.18. The molecule has 5 nitrogen and oxygen atoms in total. The lowest BCUT2D eigenvalue weighted by Crippen LogP contribution is -2.41. The van der Waals surface area contributed by atoms with Crippen LogP contribution in [0, 0.1) is 0 Å². The smallest absolute Gasteiger partial charge is 0.205 e. The molecule has 1 aliphatic rings. The summed E-state index contributed by atoms with van der Waals surface area (Å²) in [5.41, 5.74) is 0.221. The number of rotatable bonds is 8. The van der Waals surface area contributed by atoms with Gasteiger partial charge in [-0.3, -0.25) is 0 Å². The Morgan fingerprint density at radius 1 is 1.00 bits per heavy atom. The number of hydrogen-bond donors (Lipinski definition) is 0. The van der Waals surface area contributed by atoms with Gasteiger partial charge in [0.25, 0.3) is 0 Å². The average Bonchev–Trinajstić information content (AvgIpc) is 2.72. The Morgan fingerprint density at radius 2 is 1.67 bits per heavy atom. The first-order valence-corrected chi connectivity index (χ1v) is 10.7. The standard InChI is InChI=1S/C21H26O5S/c1-24-19-14-18(12-13-25-16-17-8-4-2-5-9-17)26-21(15-19)27(22,23)20-10-6-3-7-11-20/h2-11,18-19,21H,12-16H2,1H3/t18-,19+,21?/m1/s1. The number of benzene rings is 2. The molecule has 2 aromatic rings. The molecule has 0 spiro atoms. The van der Waals surface area contributed by atoms with Crippen molar-refractivity contribution in [3.63, 3.8) is 0 Å². The van der Waals surface area contributed by atoms with Crippen molar-refractivity contribution >= 4 is 9.84 Å². The van der Waals surface area contributed by atoms with Crippen molar-refractivity contribution in [1.82, 2.24) is 0 Å². The second-order valence-corrected chi connectivity index (χ2v) is 8.79. The van der Waals surface area contributed by atoms with Gasteiger partial charge in [-0.15, -0.1) is 0 Å². The van der Waals surface area contributed by atoms with E-state index >= 15 is 0 Å². The molecule has 2 aromatic carbocycles. The summed E-state index contributed by atoms with van der Waals surface area (Å²) >= 11 is 0. The molecule has 6 heteroatoms. The maximum Gasteiger partial charge on any atom is 0.205 e. The minimum atomic E-state index is -3.55. The number of methoxy groups -OCH3 is 1. The summed E-state index contributed by atoms with van der Waals surface area (Å²) in [5, 5.41) is 0. The summed E-state index contributed by atoms with van der Waals surface area (Å²) < 4.78 is 42.9. The Morgan fingerprint density at radius 3 is 2.33 bits per heavy atom. The van der Waals surface area contributed by atoms with E-state index in [2.05, 4.69) is 0 Å². The molecule has 27 heavy (non-hydrogen) atoms. The third kappa shape index (κ3) is 5.39. The van der Waals surface area contributed by atoms with Crippen molar-refractivity contribution in [1.29, 1.82) is 0 Å². The summed E-state index contributed by atoms with van der Waals surface area (Å²) in [6.07, 6.45) is 1.30. The summed E-state index contributed by atoms with van der Waals surface area (Å²) in [6, 6.07) is 18.4. The monoisotopic (exact) mass is 390 g/mol. The van der Waals surface area contributed by atoms with Gasteiger partial charge < -0.3 is 14.2 Å². The van der Waals surface area contributed by atoms with Crippen LogP contribution in [0.2, 0.25) is 0 Å². The molecule has 0 amide bonds. The van der Waals surface area contributed by atoms with E-state index in [1.807, 2.05) is 30.3 Å². The first-order chi connectivity index (χ1) is 13.1. The van der Waals surface area contributed by atoms with Crippen LogP contribution in [0.5, 0.6) is 0 Å². The topological polar surface area (TPSA) is 61.8 Å². The van der Waals surface area contributed by atoms with Crippen molar-refractivity contribution in [3.05, 3.63) is 66.2 Å². The van der Waals surface area contributed by atoms with Crippen LogP contribution in [0.25, 0.3) is 0 Å². The van der Waals surface area contributed by atoms with Gasteiger partial charge in [0.05, 0.1) is 23.7 Å². The number of sulfone groups is 1. The lowest BCUT2D eigenvalue weighted by atomic mass is 10.0. The van der Waals surface area contributed by atoms with Crippen LogP contribution in [-0.2, 0) is 30.7 Å². The van der Waals surface area contributed by atoms with Crippen molar-refractivity contribution in [2.75, 3.05) is 13.7 Å². The van der Waals surface area contributed by atoms with Crippen LogP contribution < -0.4 is 0 Å². The molecule has 1 saturated heterocycles. The first kappa shape index (κ1) is 20.0. The van der Waals surface area contributed by atoms with Crippen LogP contribution >= 0.6 is 0 Å². The van der Waals surface area contributed by atoms with Crippen molar-refractivity contribution in [2.24, 2.45) is 0 Å². The van der Waals surface area contributed by atoms with Gasteiger partial charge >= 0.3 is 0 Å². The van der Waals surface area contributed by atoms with E-state index in [0.29, 0.717) is 32.5 Å². The van der Waals surface area contributed by atoms with Crippen molar-refractivity contribution < 1.29 is 22.6 Å². The van der Waals surface area contributed by atoms with E-state index in [4.69, 9.17) is 14.2 Å².